The minimum Gasteiger partial charge on any atom is -0.508 e. The number of hydrogen-bond acceptors (Lipinski definition) is 5. The Morgan fingerprint density at radius 1 is 1.48 bits per heavy atom. The molecule has 1 aromatic heterocycles. The van der Waals surface area contributed by atoms with Crippen molar-refractivity contribution in [2.75, 3.05) is 11.9 Å². The molecule has 0 bridgehead atoms. The SMILES string of the molecule is N#Cc1c(NC(=O)c2cccc(O)c2)sc2c1CCNC2. The zero-order valence-corrected chi connectivity index (χ0v) is 12.0. The highest BCUT2D eigenvalue weighted by Gasteiger charge is 2.21. The maximum atomic E-state index is 12.2. The lowest BCUT2D eigenvalue weighted by atomic mass is 10.0. The number of anilines is 1. The molecule has 0 unspecified atom stereocenters. The minimum absolute atomic E-state index is 0.0397. The van der Waals surface area contributed by atoms with Gasteiger partial charge in [0.05, 0.1) is 5.56 Å². The molecule has 5 nitrogen and oxygen atoms in total. The zero-order valence-electron chi connectivity index (χ0n) is 11.1. The van der Waals surface area contributed by atoms with Gasteiger partial charge in [0, 0.05) is 17.0 Å². The lowest BCUT2D eigenvalue weighted by Crippen LogP contribution is -2.22. The van der Waals surface area contributed by atoms with Crippen LogP contribution in [0.5, 0.6) is 5.75 Å². The first kappa shape index (κ1) is 13.6. The van der Waals surface area contributed by atoms with Crippen LogP contribution in [-0.4, -0.2) is 17.6 Å². The van der Waals surface area contributed by atoms with Crippen molar-refractivity contribution in [3.8, 4) is 11.8 Å². The number of aromatic hydroxyl groups is 1. The number of nitriles is 1. The van der Waals surface area contributed by atoms with Crippen LogP contribution in [-0.2, 0) is 13.0 Å². The van der Waals surface area contributed by atoms with Gasteiger partial charge in [0.1, 0.15) is 16.8 Å². The number of phenols is 1. The third-order valence-corrected chi connectivity index (χ3v) is 4.52. The van der Waals surface area contributed by atoms with Gasteiger partial charge in [0.15, 0.2) is 0 Å². The Morgan fingerprint density at radius 2 is 2.33 bits per heavy atom. The summed E-state index contributed by atoms with van der Waals surface area (Å²) in [4.78, 5) is 13.3. The highest BCUT2D eigenvalue weighted by Crippen LogP contribution is 2.35. The summed E-state index contributed by atoms with van der Waals surface area (Å²) in [5.74, 6) is -0.285. The molecule has 0 spiro atoms. The van der Waals surface area contributed by atoms with Crippen LogP contribution in [0.1, 0.15) is 26.4 Å². The fourth-order valence-electron chi connectivity index (χ4n) is 2.36. The molecule has 21 heavy (non-hydrogen) atoms. The summed E-state index contributed by atoms with van der Waals surface area (Å²) in [5.41, 5.74) is 1.96. The van der Waals surface area contributed by atoms with Crippen LogP contribution >= 0.6 is 11.3 Å². The first-order chi connectivity index (χ1) is 10.2. The smallest absolute Gasteiger partial charge is 0.256 e. The summed E-state index contributed by atoms with van der Waals surface area (Å²) < 4.78 is 0. The summed E-state index contributed by atoms with van der Waals surface area (Å²) >= 11 is 1.43. The first-order valence-electron chi connectivity index (χ1n) is 6.55. The van der Waals surface area contributed by atoms with Crippen molar-refractivity contribution >= 4 is 22.2 Å². The van der Waals surface area contributed by atoms with Crippen LogP contribution in [0.4, 0.5) is 5.00 Å². The van der Waals surface area contributed by atoms with Crippen molar-refractivity contribution in [3.05, 3.63) is 45.8 Å². The fourth-order valence-corrected chi connectivity index (χ4v) is 3.53. The van der Waals surface area contributed by atoms with Gasteiger partial charge in [-0.05, 0) is 36.7 Å². The normalized spacial score (nSPS) is 13.3. The molecule has 1 aliphatic heterocycles. The number of rotatable bonds is 2. The molecule has 1 aliphatic rings. The number of nitrogens with zero attached hydrogens (tertiary/aromatic N) is 1. The van der Waals surface area contributed by atoms with Crippen LogP contribution in [0.15, 0.2) is 24.3 Å². The van der Waals surface area contributed by atoms with E-state index in [1.807, 2.05) is 0 Å². The van der Waals surface area contributed by atoms with Gasteiger partial charge in [-0.1, -0.05) is 6.07 Å². The lowest BCUT2D eigenvalue weighted by Gasteiger charge is -2.11. The van der Waals surface area contributed by atoms with Crippen LogP contribution in [0.25, 0.3) is 0 Å². The van der Waals surface area contributed by atoms with E-state index in [0.717, 1.165) is 30.0 Å². The van der Waals surface area contributed by atoms with E-state index < -0.39 is 0 Å². The van der Waals surface area contributed by atoms with Crippen molar-refractivity contribution in [3.63, 3.8) is 0 Å². The van der Waals surface area contributed by atoms with E-state index in [2.05, 4.69) is 16.7 Å². The largest absolute Gasteiger partial charge is 0.508 e. The average molecular weight is 299 g/mol. The second kappa shape index (κ2) is 5.56. The molecule has 0 radical (unpaired) electrons. The van der Waals surface area contributed by atoms with Gasteiger partial charge in [0.25, 0.3) is 5.91 Å². The van der Waals surface area contributed by atoms with E-state index in [1.54, 1.807) is 12.1 Å². The quantitative estimate of drug-likeness (QED) is 0.794. The zero-order chi connectivity index (χ0) is 14.8. The number of phenolic OH excluding ortho intramolecular Hbond substituents is 1. The molecule has 0 aliphatic carbocycles. The first-order valence-corrected chi connectivity index (χ1v) is 7.36. The van der Waals surface area contributed by atoms with E-state index in [0.29, 0.717) is 16.1 Å². The topological polar surface area (TPSA) is 85.2 Å². The summed E-state index contributed by atoms with van der Waals surface area (Å²) in [7, 11) is 0. The maximum Gasteiger partial charge on any atom is 0.256 e. The molecule has 2 heterocycles. The number of nitrogens with one attached hydrogen (secondary N) is 2. The summed E-state index contributed by atoms with van der Waals surface area (Å²) in [5, 5.41) is 25.4. The van der Waals surface area contributed by atoms with Crippen molar-refractivity contribution < 1.29 is 9.90 Å². The van der Waals surface area contributed by atoms with Gasteiger partial charge < -0.3 is 15.7 Å². The molecule has 106 valence electrons. The highest BCUT2D eigenvalue weighted by atomic mass is 32.1. The Labute approximate surface area is 125 Å². The summed E-state index contributed by atoms with van der Waals surface area (Å²) in [6, 6.07) is 8.33. The van der Waals surface area contributed by atoms with Gasteiger partial charge in [-0.2, -0.15) is 5.26 Å². The Bertz CT molecular complexity index is 746. The number of benzene rings is 1. The van der Waals surface area contributed by atoms with Gasteiger partial charge >= 0.3 is 0 Å². The number of thiophene rings is 1. The number of amides is 1. The third kappa shape index (κ3) is 2.61. The van der Waals surface area contributed by atoms with Crippen LogP contribution in [0, 0.1) is 11.3 Å². The molecule has 0 atom stereocenters. The van der Waals surface area contributed by atoms with Crippen LogP contribution in [0.2, 0.25) is 0 Å². The number of carbonyl (C=O) groups is 1. The second-order valence-electron chi connectivity index (χ2n) is 4.75. The third-order valence-electron chi connectivity index (χ3n) is 3.38. The summed E-state index contributed by atoms with van der Waals surface area (Å²) in [6.07, 6.45) is 0.802. The van der Waals surface area contributed by atoms with Gasteiger partial charge in [0.2, 0.25) is 0 Å². The predicted octanol–water partition coefficient (Wildman–Crippen LogP) is 2.22. The molecule has 3 N–H and O–H groups in total. The van der Waals surface area contributed by atoms with E-state index >= 15 is 0 Å². The van der Waals surface area contributed by atoms with Crippen molar-refractivity contribution in [1.29, 1.82) is 5.26 Å². The second-order valence-corrected chi connectivity index (χ2v) is 5.86. The minimum atomic E-state index is -0.325. The van der Waals surface area contributed by atoms with E-state index in [1.165, 1.54) is 23.5 Å². The molecule has 0 saturated heterocycles. The summed E-state index contributed by atoms with van der Waals surface area (Å²) in [6.45, 7) is 1.58. The number of carbonyl (C=O) groups excluding carboxylic acids is 1. The maximum absolute atomic E-state index is 12.2. The van der Waals surface area contributed by atoms with Gasteiger partial charge in [-0.25, -0.2) is 0 Å². The van der Waals surface area contributed by atoms with Crippen molar-refractivity contribution in [2.45, 2.75) is 13.0 Å². The van der Waals surface area contributed by atoms with Gasteiger partial charge in [-0.3, -0.25) is 4.79 Å². The predicted molar refractivity (Wildman–Crippen MR) is 80.5 cm³/mol. The molecule has 0 fully saturated rings. The van der Waals surface area contributed by atoms with Crippen molar-refractivity contribution in [2.24, 2.45) is 0 Å². The molecular weight excluding hydrogens is 286 g/mol. The molecular formula is C15H13N3O2S. The standard InChI is InChI=1S/C15H13N3O2S/c16-7-12-11-4-5-17-8-13(11)21-15(12)18-14(20)9-2-1-3-10(19)6-9/h1-3,6,17,19H,4-5,8H2,(H,18,20). The molecule has 0 saturated carbocycles. The van der Waals surface area contributed by atoms with E-state index in [9.17, 15) is 15.2 Å². The Morgan fingerprint density at radius 3 is 3.10 bits per heavy atom. The highest BCUT2D eigenvalue weighted by molar-refractivity contribution is 7.16. The molecule has 1 aromatic carbocycles. The molecule has 3 rings (SSSR count). The Balaban J connectivity index is 1.90. The molecule has 6 heteroatoms. The van der Waals surface area contributed by atoms with E-state index in [4.69, 9.17) is 0 Å². The molecule has 1 amide bonds. The average Bonchev–Trinajstić information content (AvgIpc) is 2.84. The van der Waals surface area contributed by atoms with Crippen molar-refractivity contribution in [1.82, 2.24) is 5.32 Å². The fraction of sp³-hybridized carbons (Fsp3) is 0.200. The monoisotopic (exact) mass is 299 g/mol. The molecule has 2 aromatic rings. The van der Waals surface area contributed by atoms with Crippen LogP contribution < -0.4 is 10.6 Å². The Kier molecular flexibility index (Phi) is 3.60. The number of hydrogen-bond donors (Lipinski definition) is 3. The lowest BCUT2D eigenvalue weighted by molar-refractivity contribution is 0.102. The van der Waals surface area contributed by atoms with E-state index in [-0.39, 0.29) is 11.7 Å². The van der Waals surface area contributed by atoms with Crippen LogP contribution in [0.3, 0.4) is 0 Å². The van der Waals surface area contributed by atoms with Gasteiger partial charge in [-0.15, -0.1) is 11.3 Å². The Hall–Kier alpha value is -2.36. The number of fused-ring (bicyclic) bond motifs is 1.